The van der Waals surface area contributed by atoms with E-state index >= 15 is 0 Å². The molecule has 1 fully saturated rings. The number of carbonyl (C=O) groups is 1. The molecular weight excluding hydrogens is 154 g/mol. The van der Waals surface area contributed by atoms with Crippen molar-refractivity contribution < 1.29 is 9.53 Å². The van der Waals surface area contributed by atoms with E-state index in [1.807, 2.05) is 13.8 Å². The quantitative estimate of drug-likeness (QED) is 0.635. The third-order valence-electron chi connectivity index (χ3n) is 2.24. The number of rotatable bonds is 2. The van der Waals surface area contributed by atoms with Crippen LogP contribution in [0.5, 0.6) is 0 Å². The second-order valence-electron chi connectivity index (χ2n) is 3.47. The van der Waals surface area contributed by atoms with Crippen molar-refractivity contribution >= 4 is 12.0 Å². The van der Waals surface area contributed by atoms with Crippen molar-refractivity contribution in [2.24, 2.45) is 5.92 Å². The summed E-state index contributed by atoms with van der Waals surface area (Å²) in [5, 5.41) is 6.86. The molecule has 0 aromatic heterocycles. The number of ether oxygens (including phenoxy) is 1. The van der Waals surface area contributed by atoms with Gasteiger partial charge in [-0.2, -0.15) is 0 Å². The summed E-state index contributed by atoms with van der Waals surface area (Å²) in [5.74, 6) is -0.0433. The molecule has 1 heterocycles. The number of ketones is 1. The minimum atomic E-state index is -0.0583. The van der Waals surface area contributed by atoms with Gasteiger partial charge in [0, 0.05) is 5.92 Å². The average molecular weight is 169 g/mol. The molecule has 1 N–H and O–H groups in total. The summed E-state index contributed by atoms with van der Waals surface area (Å²) < 4.78 is 5.48. The zero-order valence-electron chi connectivity index (χ0n) is 7.54. The van der Waals surface area contributed by atoms with Gasteiger partial charge in [0.05, 0.1) is 18.4 Å². The monoisotopic (exact) mass is 169 g/mol. The van der Waals surface area contributed by atoms with Crippen LogP contribution >= 0.6 is 0 Å². The summed E-state index contributed by atoms with van der Waals surface area (Å²) >= 11 is 0. The van der Waals surface area contributed by atoms with E-state index in [-0.39, 0.29) is 23.9 Å². The summed E-state index contributed by atoms with van der Waals surface area (Å²) in [4.78, 5) is 11.2. The highest BCUT2D eigenvalue weighted by molar-refractivity contribution is 6.27. The molecule has 0 aromatic rings. The van der Waals surface area contributed by atoms with E-state index in [1.165, 1.54) is 0 Å². The van der Waals surface area contributed by atoms with Gasteiger partial charge in [-0.05, 0) is 26.7 Å². The van der Waals surface area contributed by atoms with Gasteiger partial charge in [-0.15, -0.1) is 0 Å². The lowest BCUT2D eigenvalue weighted by atomic mass is 9.89. The van der Waals surface area contributed by atoms with Crippen LogP contribution in [0.1, 0.15) is 26.7 Å². The number of carbonyl (C=O) groups excluding carboxylic acids is 1. The van der Waals surface area contributed by atoms with E-state index in [1.54, 1.807) is 0 Å². The summed E-state index contributed by atoms with van der Waals surface area (Å²) in [5.41, 5.74) is 0. The van der Waals surface area contributed by atoms with Crippen LogP contribution in [0.4, 0.5) is 0 Å². The Kier molecular flexibility index (Phi) is 2.98. The molecule has 0 amide bonds. The Balaban J connectivity index is 2.54. The van der Waals surface area contributed by atoms with Crippen molar-refractivity contribution in [3.8, 4) is 0 Å². The van der Waals surface area contributed by atoms with Crippen molar-refractivity contribution in [1.29, 1.82) is 5.41 Å². The second kappa shape index (κ2) is 3.81. The maximum atomic E-state index is 11.2. The summed E-state index contributed by atoms with van der Waals surface area (Å²) in [6.45, 7) is 3.94. The van der Waals surface area contributed by atoms with Gasteiger partial charge >= 0.3 is 0 Å². The van der Waals surface area contributed by atoms with E-state index < -0.39 is 0 Å². The Morgan fingerprint density at radius 3 is 2.33 bits per heavy atom. The van der Waals surface area contributed by atoms with Crippen LogP contribution in [0.25, 0.3) is 0 Å². The van der Waals surface area contributed by atoms with Gasteiger partial charge in [-0.3, -0.25) is 4.79 Å². The highest BCUT2D eigenvalue weighted by Crippen LogP contribution is 2.24. The molecule has 0 spiro atoms. The zero-order chi connectivity index (χ0) is 9.14. The minimum absolute atomic E-state index is 0.0150. The van der Waals surface area contributed by atoms with Crippen molar-refractivity contribution in [3.05, 3.63) is 0 Å². The van der Waals surface area contributed by atoms with Gasteiger partial charge < -0.3 is 10.1 Å². The van der Waals surface area contributed by atoms with Crippen LogP contribution < -0.4 is 0 Å². The van der Waals surface area contributed by atoms with Crippen molar-refractivity contribution in [2.45, 2.75) is 38.9 Å². The van der Waals surface area contributed by atoms with Crippen LogP contribution in [0.3, 0.4) is 0 Å². The Morgan fingerprint density at radius 2 is 1.92 bits per heavy atom. The molecular formula is C9H15NO2. The molecule has 3 heteroatoms. The first kappa shape index (κ1) is 9.39. The highest BCUT2D eigenvalue weighted by Gasteiger charge is 2.28. The fraction of sp³-hybridized carbons (Fsp3) is 0.778. The van der Waals surface area contributed by atoms with E-state index in [2.05, 4.69) is 0 Å². The molecule has 0 aliphatic carbocycles. The van der Waals surface area contributed by atoms with Crippen molar-refractivity contribution in [2.75, 3.05) is 0 Å². The van der Waals surface area contributed by atoms with Crippen LogP contribution in [0.2, 0.25) is 0 Å². The zero-order valence-corrected chi connectivity index (χ0v) is 7.54. The fourth-order valence-electron chi connectivity index (χ4n) is 1.76. The van der Waals surface area contributed by atoms with Gasteiger partial charge in [0.1, 0.15) is 0 Å². The van der Waals surface area contributed by atoms with E-state index in [0.717, 1.165) is 19.1 Å². The molecule has 1 rings (SSSR count). The van der Waals surface area contributed by atoms with Crippen LogP contribution in [-0.2, 0) is 9.53 Å². The number of nitrogens with one attached hydrogen (secondary N) is 1. The third kappa shape index (κ3) is 2.14. The largest absolute Gasteiger partial charge is 0.376 e. The van der Waals surface area contributed by atoms with Gasteiger partial charge in [-0.1, -0.05) is 0 Å². The smallest absolute Gasteiger partial charge is 0.176 e. The number of hydrogen-bond donors (Lipinski definition) is 1. The van der Waals surface area contributed by atoms with Gasteiger partial charge in [-0.25, -0.2) is 0 Å². The molecule has 0 bridgehead atoms. The minimum Gasteiger partial charge on any atom is -0.376 e. The van der Waals surface area contributed by atoms with Crippen LogP contribution in [0, 0.1) is 11.3 Å². The fourth-order valence-corrected chi connectivity index (χ4v) is 1.76. The number of Topliss-reactive ketones (excluding diaryl/α,β-unsaturated/α-hetero) is 1. The topological polar surface area (TPSA) is 50.2 Å². The predicted octanol–water partition coefficient (Wildman–Crippen LogP) is 1.41. The lowest BCUT2D eigenvalue weighted by molar-refractivity contribution is -0.124. The Labute approximate surface area is 72.6 Å². The van der Waals surface area contributed by atoms with Gasteiger partial charge in [0.2, 0.25) is 0 Å². The molecule has 3 nitrogen and oxygen atoms in total. The Bertz CT molecular complexity index is 181. The molecule has 3 atom stereocenters. The average Bonchev–Trinajstić information content (AvgIpc) is 2.01. The lowest BCUT2D eigenvalue weighted by Crippen LogP contribution is -2.33. The Morgan fingerprint density at radius 1 is 1.42 bits per heavy atom. The molecule has 0 saturated carbocycles. The molecule has 1 saturated heterocycles. The van der Waals surface area contributed by atoms with Crippen molar-refractivity contribution in [1.82, 2.24) is 0 Å². The van der Waals surface area contributed by atoms with Crippen LogP contribution in [-0.4, -0.2) is 24.2 Å². The SMILES string of the molecule is C[C@@H]1CC(C(=O)C=N)C[C@H](C)O1. The highest BCUT2D eigenvalue weighted by atomic mass is 16.5. The number of hydrogen-bond acceptors (Lipinski definition) is 3. The molecule has 0 radical (unpaired) electrons. The summed E-state index contributed by atoms with van der Waals surface area (Å²) in [7, 11) is 0. The molecule has 12 heavy (non-hydrogen) atoms. The molecule has 68 valence electrons. The van der Waals surface area contributed by atoms with E-state index in [4.69, 9.17) is 10.1 Å². The molecule has 0 aromatic carbocycles. The maximum absolute atomic E-state index is 11.2. The third-order valence-corrected chi connectivity index (χ3v) is 2.24. The van der Waals surface area contributed by atoms with Crippen molar-refractivity contribution in [3.63, 3.8) is 0 Å². The first-order valence-electron chi connectivity index (χ1n) is 4.33. The standard InChI is InChI=1S/C9H15NO2/c1-6-3-8(9(11)5-10)4-7(2)12-6/h5-8,10H,3-4H2,1-2H3/t6-,7+,8?. The molecule has 1 unspecified atom stereocenters. The van der Waals surface area contributed by atoms with Gasteiger partial charge in [0.25, 0.3) is 0 Å². The Hall–Kier alpha value is -0.700. The maximum Gasteiger partial charge on any atom is 0.176 e. The van der Waals surface area contributed by atoms with E-state index in [9.17, 15) is 4.79 Å². The first-order chi connectivity index (χ1) is 5.63. The summed E-state index contributed by atoms with van der Waals surface area (Å²) in [6.07, 6.45) is 2.76. The second-order valence-corrected chi connectivity index (χ2v) is 3.47. The first-order valence-corrected chi connectivity index (χ1v) is 4.33. The van der Waals surface area contributed by atoms with Crippen LogP contribution in [0.15, 0.2) is 0 Å². The summed E-state index contributed by atoms with van der Waals surface area (Å²) in [6, 6.07) is 0. The lowest BCUT2D eigenvalue weighted by Gasteiger charge is -2.30. The predicted molar refractivity (Wildman–Crippen MR) is 46.5 cm³/mol. The molecule has 1 aliphatic rings. The van der Waals surface area contributed by atoms with Gasteiger partial charge in [0.15, 0.2) is 5.78 Å². The normalized spacial score (nSPS) is 36.0. The van der Waals surface area contributed by atoms with E-state index in [0.29, 0.717) is 0 Å². The molecule has 1 aliphatic heterocycles.